The van der Waals surface area contributed by atoms with Crippen molar-refractivity contribution in [3.05, 3.63) is 65.7 Å². The van der Waals surface area contributed by atoms with Gasteiger partial charge in [0, 0.05) is 19.6 Å². The first-order chi connectivity index (χ1) is 21.1. The summed E-state index contributed by atoms with van der Waals surface area (Å²) < 4.78 is 11.2. The van der Waals surface area contributed by atoms with Crippen LogP contribution in [0.3, 0.4) is 0 Å². The molecule has 238 valence electrons. The van der Waals surface area contributed by atoms with Gasteiger partial charge in [-0.3, -0.25) is 24.0 Å². The van der Waals surface area contributed by atoms with Crippen molar-refractivity contribution in [3.8, 4) is 5.75 Å². The van der Waals surface area contributed by atoms with Gasteiger partial charge in [0.05, 0.1) is 24.6 Å². The lowest BCUT2D eigenvalue weighted by molar-refractivity contribution is -0.133. The molecule has 0 fully saturated rings. The van der Waals surface area contributed by atoms with Gasteiger partial charge in [-0.15, -0.1) is 0 Å². The topological polar surface area (TPSA) is 164 Å². The van der Waals surface area contributed by atoms with Gasteiger partial charge in [0.2, 0.25) is 23.6 Å². The second-order valence-corrected chi connectivity index (χ2v) is 11.0. The first-order valence-corrected chi connectivity index (χ1v) is 14.9. The molecule has 3 rings (SSSR count). The lowest BCUT2D eigenvalue weighted by atomic mass is 10.0. The molecule has 0 unspecified atom stereocenters. The zero-order valence-electron chi connectivity index (χ0n) is 25.7. The van der Waals surface area contributed by atoms with E-state index in [2.05, 4.69) is 26.6 Å². The van der Waals surface area contributed by atoms with E-state index in [-0.39, 0.29) is 43.4 Å². The Morgan fingerprint density at radius 2 is 1.66 bits per heavy atom. The summed E-state index contributed by atoms with van der Waals surface area (Å²) in [6.45, 7) is 8.12. The van der Waals surface area contributed by atoms with E-state index >= 15 is 0 Å². The molecule has 0 aliphatic carbocycles. The van der Waals surface area contributed by atoms with Crippen molar-refractivity contribution in [2.24, 2.45) is 5.92 Å². The summed E-state index contributed by atoms with van der Waals surface area (Å²) in [5.41, 5.74) is 0.937. The molecule has 1 aliphatic heterocycles. The zero-order chi connectivity index (χ0) is 32.1. The fourth-order valence-corrected chi connectivity index (χ4v) is 4.61. The Kier molecular flexibility index (Phi) is 13.2. The van der Waals surface area contributed by atoms with Gasteiger partial charge in [0.15, 0.2) is 0 Å². The van der Waals surface area contributed by atoms with Crippen LogP contribution in [0, 0.1) is 5.92 Å². The van der Waals surface area contributed by atoms with E-state index in [9.17, 15) is 24.0 Å². The fourth-order valence-electron chi connectivity index (χ4n) is 4.61. The molecular weight excluding hydrogens is 566 g/mol. The van der Waals surface area contributed by atoms with Crippen LogP contribution in [0.15, 0.2) is 54.6 Å². The van der Waals surface area contributed by atoms with Crippen LogP contribution in [0.4, 0.5) is 0 Å². The van der Waals surface area contributed by atoms with Crippen LogP contribution < -0.4 is 31.3 Å². The highest BCUT2D eigenvalue weighted by molar-refractivity contribution is 6.01. The van der Waals surface area contributed by atoms with E-state index in [0.717, 1.165) is 5.56 Å². The normalized spacial score (nSPS) is 21.9. The first kappa shape index (κ1) is 34.0. The van der Waals surface area contributed by atoms with Crippen molar-refractivity contribution in [2.75, 3.05) is 26.4 Å². The molecule has 1 aliphatic rings. The molecule has 2 aromatic carbocycles. The number of fused-ring (bicyclic) bond motifs is 1. The number of hydrogen-bond donors (Lipinski definition) is 5. The first-order valence-electron chi connectivity index (χ1n) is 14.9. The summed E-state index contributed by atoms with van der Waals surface area (Å²) in [5, 5.41) is 13.7. The standard InChI is InChI=1S/C32H43N5O7/c1-5-43-16-15-33-30(40)25-18-27(38)35-24(17-22-11-7-6-8-12-22)31(41)37-28(20(2)3)32(42)34-21(4)19-44-26-14-10-9-13-23(26)29(39)36-25/h6-14,20-21,24-25,28H,5,15-19H2,1-4H3,(H,33,40)(H,34,42)(H,35,38)(H,36,39)(H,37,41)/t21-,24-,25-,28+/m0/s1. The van der Waals surface area contributed by atoms with Crippen molar-refractivity contribution >= 4 is 29.5 Å². The Morgan fingerprint density at radius 1 is 0.955 bits per heavy atom. The number of amides is 5. The van der Waals surface area contributed by atoms with Gasteiger partial charge in [0.25, 0.3) is 5.91 Å². The number of carbonyl (C=O) groups excluding carboxylic acids is 5. The molecule has 1 heterocycles. The predicted octanol–water partition coefficient (Wildman–Crippen LogP) is 1.09. The van der Waals surface area contributed by atoms with Crippen molar-refractivity contribution < 1.29 is 33.4 Å². The summed E-state index contributed by atoms with van der Waals surface area (Å²) in [7, 11) is 0. The van der Waals surface area contributed by atoms with E-state index in [4.69, 9.17) is 9.47 Å². The van der Waals surface area contributed by atoms with Crippen molar-refractivity contribution in [1.82, 2.24) is 26.6 Å². The maximum absolute atomic E-state index is 13.6. The molecule has 5 N–H and O–H groups in total. The molecule has 0 spiro atoms. The lowest BCUT2D eigenvalue weighted by Gasteiger charge is -2.27. The average Bonchev–Trinajstić information content (AvgIpc) is 3.00. The third kappa shape index (κ3) is 10.4. The van der Waals surface area contributed by atoms with Gasteiger partial charge in [0.1, 0.15) is 30.5 Å². The maximum Gasteiger partial charge on any atom is 0.255 e. The number of nitrogens with one attached hydrogen (secondary N) is 5. The second kappa shape index (κ2) is 17.0. The van der Waals surface area contributed by atoms with Crippen molar-refractivity contribution in [2.45, 2.75) is 64.7 Å². The number of ether oxygens (including phenoxy) is 2. The summed E-state index contributed by atoms with van der Waals surface area (Å²) in [6.07, 6.45) is -0.307. The number of para-hydroxylation sites is 1. The monoisotopic (exact) mass is 609 g/mol. The quantitative estimate of drug-likeness (QED) is 0.280. The van der Waals surface area contributed by atoms with Gasteiger partial charge in [-0.2, -0.15) is 0 Å². The fraction of sp³-hybridized carbons (Fsp3) is 0.469. The molecule has 0 bridgehead atoms. The molecule has 0 saturated carbocycles. The van der Waals surface area contributed by atoms with Crippen molar-refractivity contribution in [1.29, 1.82) is 0 Å². The van der Waals surface area contributed by atoms with Crippen LogP contribution in [0.2, 0.25) is 0 Å². The van der Waals surface area contributed by atoms with Crippen LogP contribution >= 0.6 is 0 Å². The minimum absolute atomic E-state index is 0.0345. The summed E-state index contributed by atoms with van der Waals surface area (Å²) in [5.74, 6) is -2.85. The molecule has 44 heavy (non-hydrogen) atoms. The van der Waals surface area contributed by atoms with E-state index in [1.54, 1.807) is 45.0 Å². The van der Waals surface area contributed by atoms with Gasteiger partial charge in [-0.1, -0.05) is 56.3 Å². The number of benzene rings is 2. The van der Waals surface area contributed by atoms with E-state index in [1.807, 2.05) is 37.3 Å². The van der Waals surface area contributed by atoms with Crippen molar-refractivity contribution in [3.63, 3.8) is 0 Å². The van der Waals surface area contributed by atoms with Gasteiger partial charge in [-0.05, 0) is 37.5 Å². The van der Waals surface area contributed by atoms with Crippen LogP contribution in [-0.4, -0.2) is 80.1 Å². The Morgan fingerprint density at radius 3 is 2.36 bits per heavy atom. The zero-order valence-corrected chi connectivity index (χ0v) is 25.7. The highest BCUT2D eigenvalue weighted by Gasteiger charge is 2.32. The Labute approximate surface area is 258 Å². The molecule has 5 amide bonds. The van der Waals surface area contributed by atoms with Gasteiger partial charge < -0.3 is 36.1 Å². The summed E-state index contributed by atoms with van der Waals surface area (Å²) in [6, 6.07) is 11.9. The minimum Gasteiger partial charge on any atom is -0.491 e. The average molecular weight is 610 g/mol. The molecule has 12 nitrogen and oxygen atoms in total. The molecule has 0 radical (unpaired) electrons. The predicted molar refractivity (Wildman–Crippen MR) is 164 cm³/mol. The number of hydrogen-bond acceptors (Lipinski definition) is 7. The Balaban J connectivity index is 1.96. The smallest absolute Gasteiger partial charge is 0.255 e. The highest BCUT2D eigenvalue weighted by Crippen LogP contribution is 2.19. The number of rotatable bonds is 8. The van der Waals surface area contributed by atoms with E-state index in [0.29, 0.717) is 6.61 Å². The molecule has 12 heteroatoms. The van der Waals surface area contributed by atoms with Crippen LogP contribution in [-0.2, 0) is 30.3 Å². The maximum atomic E-state index is 13.6. The highest BCUT2D eigenvalue weighted by atomic mass is 16.5. The summed E-state index contributed by atoms with van der Waals surface area (Å²) in [4.78, 5) is 66.8. The molecular formula is C32H43N5O7. The van der Waals surface area contributed by atoms with E-state index in [1.165, 1.54) is 0 Å². The molecule has 0 aromatic heterocycles. The van der Waals surface area contributed by atoms with Crippen LogP contribution in [0.25, 0.3) is 0 Å². The third-order valence-electron chi connectivity index (χ3n) is 6.95. The Hall–Kier alpha value is -4.45. The van der Waals surface area contributed by atoms with Gasteiger partial charge in [-0.25, -0.2) is 0 Å². The summed E-state index contributed by atoms with van der Waals surface area (Å²) >= 11 is 0. The SMILES string of the molecule is CCOCCNC(=O)[C@@H]1CC(=O)N[C@@H](Cc2ccccc2)C(=O)N[C@H](C(C)C)C(=O)N[C@@H](C)COc2ccccc2C(=O)N1. The molecule has 4 atom stereocenters. The number of carbonyl (C=O) groups is 5. The van der Waals surface area contributed by atoms with Crippen LogP contribution in [0.1, 0.15) is 50.0 Å². The molecule has 0 saturated heterocycles. The molecule has 2 aromatic rings. The third-order valence-corrected chi connectivity index (χ3v) is 6.95. The van der Waals surface area contributed by atoms with Gasteiger partial charge >= 0.3 is 0 Å². The second-order valence-electron chi connectivity index (χ2n) is 11.0. The largest absolute Gasteiger partial charge is 0.491 e. The lowest BCUT2D eigenvalue weighted by Crippen LogP contribution is -2.57. The van der Waals surface area contributed by atoms with Crippen LogP contribution in [0.5, 0.6) is 5.75 Å². The Bertz CT molecular complexity index is 1290. The van der Waals surface area contributed by atoms with E-state index < -0.39 is 60.1 Å². The minimum atomic E-state index is -1.26.